The molecule has 0 atom stereocenters. The van der Waals surface area contributed by atoms with Crippen molar-refractivity contribution in [2.24, 2.45) is 0 Å². The van der Waals surface area contributed by atoms with Gasteiger partial charge in [-0.2, -0.15) is 0 Å². The number of carbonyl (C=O) groups is 4. The molecule has 4 rings (SSSR count). The van der Waals surface area contributed by atoms with Crippen LogP contribution in [0.15, 0.2) is 52.9 Å². The number of amides is 1. The van der Waals surface area contributed by atoms with Crippen molar-refractivity contribution in [1.82, 2.24) is 5.32 Å². The Balaban J connectivity index is 1.65. The van der Waals surface area contributed by atoms with E-state index in [-0.39, 0.29) is 46.9 Å². The molecule has 0 aliphatic heterocycles. The standard InChI is InChI=1S/C23H16N2O8/c1-2-32-23(29)17-10-7-12(33-17)11-24-22(28)16-9-8-15-18(19(16)25(30)31)21(27)14-6-4-3-5-13(14)20(15)26/h3-10H,2,11H2,1H3,(H,24,28). The molecule has 33 heavy (non-hydrogen) atoms. The molecule has 0 spiro atoms. The van der Waals surface area contributed by atoms with E-state index >= 15 is 0 Å². The van der Waals surface area contributed by atoms with Crippen molar-refractivity contribution in [1.29, 1.82) is 0 Å². The maximum atomic E-state index is 13.0. The van der Waals surface area contributed by atoms with Gasteiger partial charge in [0.25, 0.3) is 11.6 Å². The number of rotatable bonds is 6. The fourth-order valence-corrected chi connectivity index (χ4v) is 3.59. The van der Waals surface area contributed by atoms with E-state index in [0.29, 0.717) is 0 Å². The van der Waals surface area contributed by atoms with Crippen LogP contribution in [0.2, 0.25) is 0 Å². The Kier molecular flexibility index (Phi) is 5.57. The highest BCUT2D eigenvalue weighted by molar-refractivity contribution is 6.30. The lowest BCUT2D eigenvalue weighted by atomic mass is 9.82. The van der Waals surface area contributed by atoms with Crippen molar-refractivity contribution in [3.63, 3.8) is 0 Å². The molecule has 1 aromatic heterocycles. The highest BCUT2D eigenvalue weighted by atomic mass is 16.6. The van der Waals surface area contributed by atoms with Crippen LogP contribution in [0.4, 0.5) is 5.69 Å². The van der Waals surface area contributed by atoms with Crippen LogP contribution < -0.4 is 5.32 Å². The van der Waals surface area contributed by atoms with E-state index in [4.69, 9.17) is 9.15 Å². The van der Waals surface area contributed by atoms with Crippen LogP contribution in [-0.4, -0.2) is 35.0 Å². The third-order valence-corrected chi connectivity index (χ3v) is 5.05. The Bertz CT molecular complexity index is 1340. The second-order valence-corrected chi connectivity index (χ2v) is 7.01. The van der Waals surface area contributed by atoms with Gasteiger partial charge >= 0.3 is 5.97 Å². The molecule has 0 saturated carbocycles. The van der Waals surface area contributed by atoms with Gasteiger partial charge in [-0.1, -0.05) is 24.3 Å². The molecule has 1 heterocycles. The fourth-order valence-electron chi connectivity index (χ4n) is 3.59. The normalized spacial score (nSPS) is 12.0. The third kappa shape index (κ3) is 3.78. The lowest BCUT2D eigenvalue weighted by molar-refractivity contribution is -0.385. The summed E-state index contributed by atoms with van der Waals surface area (Å²) in [7, 11) is 0. The van der Waals surface area contributed by atoms with Gasteiger partial charge in [-0.25, -0.2) is 4.79 Å². The van der Waals surface area contributed by atoms with Crippen molar-refractivity contribution < 1.29 is 33.3 Å². The molecule has 0 unspecified atom stereocenters. The number of nitro groups is 1. The van der Waals surface area contributed by atoms with Crippen LogP contribution in [0.3, 0.4) is 0 Å². The SMILES string of the molecule is CCOC(=O)c1ccc(CNC(=O)c2ccc3c(c2[N+](=O)[O-])C(=O)c2ccccc2C3=O)o1. The molecule has 166 valence electrons. The molecular weight excluding hydrogens is 432 g/mol. The monoisotopic (exact) mass is 448 g/mol. The number of ether oxygens (including phenoxy) is 1. The molecule has 0 radical (unpaired) electrons. The first-order valence-corrected chi connectivity index (χ1v) is 9.87. The molecule has 0 saturated heterocycles. The number of nitrogens with zero attached hydrogens (tertiary/aromatic N) is 1. The number of hydrogen-bond donors (Lipinski definition) is 1. The molecule has 1 N–H and O–H groups in total. The van der Waals surface area contributed by atoms with Crippen molar-refractivity contribution in [3.8, 4) is 0 Å². The second-order valence-electron chi connectivity index (χ2n) is 7.01. The Morgan fingerprint density at radius 1 is 1.00 bits per heavy atom. The van der Waals surface area contributed by atoms with Crippen molar-refractivity contribution >= 4 is 29.1 Å². The summed E-state index contributed by atoms with van der Waals surface area (Å²) >= 11 is 0. The highest BCUT2D eigenvalue weighted by Crippen LogP contribution is 2.35. The quantitative estimate of drug-likeness (QED) is 0.269. The van der Waals surface area contributed by atoms with Gasteiger partial charge in [0.1, 0.15) is 16.9 Å². The summed E-state index contributed by atoms with van der Waals surface area (Å²) in [4.78, 5) is 61.3. The van der Waals surface area contributed by atoms with Gasteiger partial charge < -0.3 is 14.5 Å². The minimum atomic E-state index is -0.849. The van der Waals surface area contributed by atoms with Crippen LogP contribution in [0.1, 0.15) is 65.4 Å². The number of fused-ring (bicyclic) bond motifs is 2. The summed E-state index contributed by atoms with van der Waals surface area (Å²) in [5, 5.41) is 14.3. The number of nitrogens with one attached hydrogen (secondary N) is 1. The average molecular weight is 448 g/mol. The summed E-state index contributed by atoms with van der Waals surface area (Å²) < 4.78 is 10.1. The first-order chi connectivity index (χ1) is 15.8. The summed E-state index contributed by atoms with van der Waals surface area (Å²) in [5.74, 6) is -2.58. The average Bonchev–Trinajstić information content (AvgIpc) is 3.29. The van der Waals surface area contributed by atoms with Gasteiger partial charge in [0.15, 0.2) is 5.78 Å². The van der Waals surface area contributed by atoms with Crippen molar-refractivity contribution in [2.45, 2.75) is 13.5 Å². The van der Waals surface area contributed by atoms with E-state index < -0.39 is 39.6 Å². The largest absolute Gasteiger partial charge is 0.460 e. The minimum Gasteiger partial charge on any atom is -0.460 e. The lowest BCUT2D eigenvalue weighted by Gasteiger charge is -2.18. The van der Waals surface area contributed by atoms with Gasteiger partial charge in [-0.3, -0.25) is 24.5 Å². The molecule has 1 amide bonds. The van der Waals surface area contributed by atoms with Crippen LogP contribution >= 0.6 is 0 Å². The molecule has 1 aliphatic carbocycles. The number of benzene rings is 2. The molecule has 0 fully saturated rings. The summed E-state index contributed by atoms with van der Waals surface area (Å²) in [6.45, 7) is 1.63. The van der Waals surface area contributed by atoms with E-state index in [1.807, 2.05) is 0 Å². The number of ketones is 2. The zero-order valence-electron chi connectivity index (χ0n) is 17.2. The first-order valence-electron chi connectivity index (χ1n) is 9.87. The number of carbonyl (C=O) groups excluding carboxylic acids is 4. The number of nitro benzene ring substituents is 1. The summed E-state index contributed by atoms with van der Waals surface area (Å²) in [6.07, 6.45) is 0. The lowest BCUT2D eigenvalue weighted by Crippen LogP contribution is -2.27. The first kappa shape index (κ1) is 21.6. The van der Waals surface area contributed by atoms with Gasteiger partial charge in [-0.15, -0.1) is 0 Å². The van der Waals surface area contributed by atoms with E-state index in [1.165, 1.54) is 30.3 Å². The molecule has 3 aromatic rings. The van der Waals surface area contributed by atoms with Crippen molar-refractivity contribution in [3.05, 3.63) is 98.0 Å². The van der Waals surface area contributed by atoms with Crippen LogP contribution in [0.25, 0.3) is 0 Å². The smallest absolute Gasteiger partial charge is 0.374 e. The number of furan rings is 1. The maximum absolute atomic E-state index is 13.0. The molecule has 2 aromatic carbocycles. The minimum absolute atomic E-state index is 0.0396. The third-order valence-electron chi connectivity index (χ3n) is 5.05. The molecular formula is C23H16N2O8. The second kappa shape index (κ2) is 8.50. The van der Waals surface area contributed by atoms with Gasteiger partial charge in [-0.05, 0) is 31.2 Å². The summed E-state index contributed by atoms with van der Waals surface area (Å²) in [5.41, 5.74) is -1.48. The summed E-state index contributed by atoms with van der Waals surface area (Å²) in [6, 6.07) is 11.2. The van der Waals surface area contributed by atoms with E-state index in [0.717, 1.165) is 6.07 Å². The molecule has 10 nitrogen and oxygen atoms in total. The van der Waals surface area contributed by atoms with Gasteiger partial charge in [0, 0.05) is 16.7 Å². The molecule has 1 aliphatic rings. The predicted octanol–water partition coefficient (Wildman–Crippen LogP) is 3.07. The highest BCUT2D eigenvalue weighted by Gasteiger charge is 2.38. The fraction of sp³-hybridized carbons (Fsp3) is 0.130. The van der Waals surface area contributed by atoms with Gasteiger partial charge in [0.05, 0.1) is 18.1 Å². The number of esters is 1. The Morgan fingerprint density at radius 3 is 2.36 bits per heavy atom. The van der Waals surface area contributed by atoms with E-state index in [2.05, 4.69) is 5.32 Å². The number of hydrogen-bond acceptors (Lipinski definition) is 8. The van der Waals surface area contributed by atoms with Crippen LogP contribution in [0.5, 0.6) is 0 Å². The van der Waals surface area contributed by atoms with E-state index in [1.54, 1.807) is 19.1 Å². The Labute approximate surface area is 186 Å². The van der Waals surface area contributed by atoms with Crippen LogP contribution in [0, 0.1) is 10.1 Å². The van der Waals surface area contributed by atoms with Crippen LogP contribution in [-0.2, 0) is 11.3 Å². The van der Waals surface area contributed by atoms with E-state index in [9.17, 15) is 29.3 Å². The maximum Gasteiger partial charge on any atom is 0.374 e. The zero-order chi connectivity index (χ0) is 23.7. The molecule has 10 heteroatoms. The Hall–Kier alpha value is -4.60. The Morgan fingerprint density at radius 2 is 1.70 bits per heavy atom. The van der Waals surface area contributed by atoms with Crippen molar-refractivity contribution in [2.75, 3.05) is 6.61 Å². The molecule has 0 bridgehead atoms. The predicted molar refractivity (Wildman–Crippen MR) is 112 cm³/mol. The van der Waals surface area contributed by atoms with Gasteiger partial charge in [0.2, 0.25) is 11.5 Å². The zero-order valence-corrected chi connectivity index (χ0v) is 17.2. The topological polar surface area (TPSA) is 146 Å².